The number of nitrogens with two attached hydrogens (primary N) is 1. The summed E-state index contributed by atoms with van der Waals surface area (Å²) in [6, 6.07) is 25.6. The Morgan fingerprint density at radius 1 is 0.905 bits per heavy atom. The van der Waals surface area contributed by atoms with Crippen molar-refractivity contribution in [3.63, 3.8) is 0 Å². The molecule has 3 aromatic carbocycles. The molecule has 1 amide bonds. The second-order valence-electron chi connectivity index (χ2n) is 10.6. The van der Waals surface area contributed by atoms with Gasteiger partial charge in [0.05, 0.1) is 12.3 Å². The predicted octanol–water partition coefficient (Wildman–Crippen LogP) is 6.38. The van der Waals surface area contributed by atoms with Crippen LogP contribution < -0.4 is 26.0 Å². The maximum absolute atomic E-state index is 12.6. The second kappa shape index (κ2) is 14.2. The average Bonchev–Trinajstić information content (AvgIpc) is 2.95. The van der Waals surface area contributed by atoms with E-state index in [1.54, 1.807) is 40.0 Å². The highest BCUT2D eigenvalue weighted by molar-refractivity contribution is 5.89. The molecule has 0 saturated heterocycles. The third-order valence-corrected chi connectivity index (χ3v) is 6.02. The van der Waals surface area contributed by atoms with Crippen molar-refractivity contribution in [3.8, 4) is 5.75 Å². The van der Waals surface area contributed by atoms with Crippen LogP contribution in [-0.4, -0.2) is 42.0 Å². The Hall–Kier alpha value is -4.83. The number of carbonyl (C=O) groups excluding carboxylic acids is 1. The van der Waals surface area contributed by atoms with E-state index in [1.807, 2.05) is 42.5 Å². The van der Waals surface area contributed by atoms with Crippen molar-refractivity contribution in [2.24, 2.45) is 0 Å². The minimum atomic E-state index is -0.659. The topological polar surface area (TPSA) is 124 Å². The van der Waals surface area contributed by atoms with Crippen molar-refractivity contribution < 1.29 is 19.0 Å². The van der Waals surface area contributed by atoms with Crippen molar-refractivity contribution in [3.05, 3.63) is 96.3 Å². The molecule has 0 fully saturated rings. The normalized spacial score (nSPS) is 11.0. The van der Waals surface area contributed by atoms with Crippen LogP contribution in [0.2, 0.25) is 0 Å². The number of amides is 1. The lowest BCUT2D eigenvalue weighted by atomic mass is 10.1. The largest absolute Gasteiger partial charge is 0.489 e. The molecule has 0 aliphatic heterocycles. The number of aromatic nitrogens is 2. The van der Waals surface area contributed by atoms with Crippen LogP contribution in [-0.2, 0) is 22.6 Å². The lowest BCUT2D eigenvalue weighted by molar-refractivity contribution is 0.0635. The fourth-order valence-corrected chi connectivity index (χ4v) is 4.17. The fourth-order valence-electron chi connectivity index (χ4n) is 4.17. The van der Waals surface area contributed by atoms with E-state index in [0.717, 1.165) is 11.1 Å². The number of nitrogens with one attached hydrogen (secondary N) is 2. The quantitative estimate of drug-likeness (QED) is 0.166. The number of benzene rings is 3. The second-order valence-corrected chi connectivity index (χ2v) is 10.6. The van der Waals surface area contributed by atoms with Crippen LogP contribution >= 0.6 is 0 Å². The Balaban J connectivity index is 1.62. The molecule has 42 heavy (non-hydrogen) atoms. The van der Waals surface area contributed by atoms with Crippen LogP contribution in [0.5, 0.6) is 5.75 Å². The van der Waals surface area contributed by atoms with Gasteiger partial charge in [-0.1, -0.05) is 60.7 Å². The van der Waals surface area contributed by atoms with Crippen molar-refractivity contribution >= 4 is 34.8 Å². The Kier molecular flexibility index (Phi) is 10.2. The zero-order valence-corrected chi connectivity index (χ0v) is 24.5. The van der Waals surface area contributed by atoms with Crippen molar-refractivity contribution in [1.82, 2.24) is 9.97 Å². The molecule has 0 saturated carbocycles. The van der Waals surface area contributed by atoms with Crippen molar-refractivity contribution in [2.75, 3.05) is 41.6 Å². The Morgan fingerprint density at radius 3 is 2.14 bits per heavy atom. The van der Waals surface area contributed by atoms with E-state index in [-0.39, 0.29) is 0 Å². The zero-order chi connectivity index (χ0) is 30.0. The van der Waals surface area contributed by atoms with E-state index in [4.69, 9.17) is 19.9 Å². The summed E-state index contributed by atoms with van der Waals surface area (Å²) >= 11 is 0. The highest BCUT2D eigenvalue weighted by Gasteiger charge is 2.20. The van der Waals surface area contributed by atoms with Gasteiger partial charge < -0.3 is 30.2 Å². The van der Waals surface area contributed by atoms with Gasteiger partial charge in [0.1, 0.15) is 30.0 Å². The van der Waals surface area contributed by atoms with Crippen molar-refractivity contribution in [1.29, 1.82) is 0 Å². The van der Waals surface area contributed by atoms with E-state index < -0.39 is 11.7 Å². The Bertz CT molecular complexity index is 1400. The molecule has 1 aromatic heterocycles. The SMILES string of the molecule is COCCOc1ccc(Nc2ncnc(N(Cc3ccccc3)Cc3ccccc3)c2N)cc1NC(=O)OC(C)(C)C. The Labute approximate surface area is 246 Å². The zero-order valence-electron chi connectivity index (χ0n) is 24.5. The summed E-state index contributed by atoms with van der Waals surface area (Å²) < 4.78 is 16.4. The van der Waals surface area contributed by atoms with Crippen LogP contribution in [0.15, 0.2) is 85.2 Å². The molecule has 1 heterocycles. The van der Waals surface area contributed by atoms with E-state index in [0.29, 0.717) is 60.8 Å². The molecule has 0 unspecified atom stereocenters. The summed E-state index contributed by atoms with van der Waals surface area (Å²) in [6.07, 6.45) is 0.886. The van der Waals surface area contributed by atoms with Crippen molar-refractivity contribution in [2.45, 2.75) is 39.5 Å². The van der Waals surface area contributed by atoms with Gasteiger partial charge in [-0.05, 0) is 50.1 Å². The van der Waals surface area contributed by atoms with E-state index >= 15 is 0 Å². The predicted molar refractivity (Wildman–Crippen MR) is 166 cm³/mol. The highest BCUT2D eigenvalue weighted by atomic mass is 16.6. The first-order chi connectivity index (χ1) is 20.2. The number of nitrogen functional groups attached to an aromatic ring is 1. The summed E-state index contributed by atoms with van der Waals surface area (Å²) in [5, 5.41) is 6.06. The molecule has 10 heteroatoms. The maximum Gasteiger partial charge on any atom is 0.412 e. The van der Waals surface area contributed by atoms with Gasteiger partial charge in [-0.25, -0.2) is 14.8 Å². The van der Waals surface area contributed by atoms with Crippen LogP contribution in [0.1, 0.15) is 31.9 Å². The highest BCUT2D eigenvalue weighted by Crippen LogP contribution is 2.34. The lowest BCUT2D eigenvalue weighted by Crippen LogP contribution is -2.27. The van der Waals surface area contributed by atoms with Gasteiger partial charge >= 0.3 is 6.09 Å². The van der Waals surface area contributed by atoms with Gasteiger partial charge in [-0.3, -0.25) is 5.32 Å². The number of hydrogen-bond donors (Lipinski definition) is 3. The number of methoxy groups -OCH3 is 1. The summed E-state index contributed by atoms with van der Waals surface area (Å²) in [5.41, 5.74) is 9.73. The number of carbonyl (C=O) groups is 1. The molecule has 10 nitrogen and oxygen atoms in total. The summed E-state index contributed by atoms with van der Waals surface area (Å²) in [5.74, 6) is 1.51. The first-order valence-corrected chi connectivity index (χ1v) is 13.7. The summed E-state index contributed by atoms with van der Waals surface area (Å²) in [6.45, 7) is 7.32. The molecular weight excluding hydrogens is 532 g/mol. The van der Waals surface area contributed by atoms with Gasteiger partial charge in [-0.2, -0.15) is 0 Å². The first-order valence-electron chi connectivity index (χ1n) is 13.7. The smallest absolute Gasteiger partial charge is 0.412 e. The molecule has 0 aliphatic carbocycles. The van der Waals surface area contributed by atoms with Gasteiger partial charge in [-0.15, -0.1) is 0 Å². The van der Waals surface area contributed by atoms with Crippen LogP contribution in [0.25, 0.3) is 0 Å². The Morgan fingerprint density at radius 2 is 1.55 bits per heavy atom. The molecule has 0 bridgehead atoms. The monoisotopic (exact) mass is 570 g/mol. The van der Waals surface area contributed by atoms with Crippen LogP contribution in [0.4, 0.5) is 33.5 Å². The van der Waals surface area contributed by atoms with E-state index in [2.05, 4.69) is 49.8 Å². The van der Waals surface area contributed by atoms with Gasteiger partial charge in [0.25, 0.3) is 0 Å². The first kappa shape index (κ1) is 30.1. The van der Waals surface area contributed by atoms with Gasteiger partial charge in [0.15, 0.2) is 11.6 Å². The molecule has 220 valence electrons. The van der Waals surface area contributed by atoms with Crippen LogP contribution in [0, 0.1) is 0 Å². The summed E-state index contributed by atoms with van der Waals surface area (Å²) in [7, 11) is 1.59. The molecule has 0 aliphatic rings. The average molecular weight is 571 g/mol. The number of anilines is 5. The molecule has 0 radical (unpaired) electrons. The number of hydrogen-bond acceptors (Lipinski definition) is 9. The van der Waals surface area contributed by atoms with Gasteiger partial charge in [0, 0.05) is 25.9 Å². The number of ether oxygens (including phenoxy) is 3. The van der Waals surface area contributed by atoms with Crippen LogP contribution in [0.3, 0.4) is 0 Å². The molecule has 0 spiro atoms. The maximum atomic E-state index is 12.6. The third kappa shape index (κ3) is 8.84. The van der Waals surface area contributed by atoms with Gasteiger partial charge in [0.2, 0.25) is 0 Å². The lowest BCUT2D eigenvalue weighted by Gasteiger charge is -2.26. The molecule has 4 aromatic rings. The molecule has 0 atom stereocenters. The summed E-state index contributed by atoms with van der Waals surface area (Å²) in [4.78, 5) is 23.7. The third-order valence-electron chi connectivity index (χ3n) is 6.02. The minimum Gasteiger partial charge on any atom is -0.489 e. The number of nitrogens with zero attached hydrogens (tertiary/aromatic N) is 3. The molecule has 4 rings (SSSR count). The molecule has 4 N–H and O–H groups in total. The molecular formula is C32H38N6O4. The number of rotatable bonds is 12. The van der Waals surface area contributed by atoms with E-state index in [1.165, 1.54) is 6.33 Å². The fraction of sp³-hybridized carbons (Fsp3) is 0.281. The minimum absolute atomic E-state index is 0.313. The van der Waals surface area contributed by atoms with E-state index in [9.17, 15) is 4.79 Å². The standard InChI is InChI=1S/C32H38N6O4/c1-32(2,3)42-31(39)37-26-19-25(15-16-27(26)41-18-17-40-4)36-29-28(33)30(35-22-34-29)38(20-23-11-7-5-8-12-23)21-24-13-9-6-10-14-24/h5-16,19,22H,17-18,20-21,33H2,1-4H3,(H,37,39)(H,34,35,36).